The minimum atomic E-state index is 0.206. The number of rotatable bonds is 4. The summed E-state index contributed by atoms with van der Waals surface area (Å²) in [4.78, 5) is 2.71. The second kappa shape index (κ2) is 6.01. The third-order valence-corrected chi connectivity index (χ3v) is 4.75. The van der Waals surface area contributed by atoms with E-state index >= 15 is 0 Å². The molecule has 0 aliphatic carbocycles. The number of ether oxygens (including phenoxy) is 1. The summed E-state index contributed by atoms with van der Waals surface area (Å²) in [6.07, 6.45) is 1.03. The highest BCUT2D eigenvalue weighted by Crippen LogP contribution is 2.39. The molecule has 1 heterocycles. The molecule has 0 unspecified atom stereocenters. The van der Waals surface area contributed by atoms with Gasteiger partial charge in [-0.2, -0.15) is 0 Å². The van der Waals surface area contributed by atoms with Crippen molar-refractivity contribution in [3.63, 3.8) is 0 Å². The Morgan fingerprint density at radius 2 is 1.85 bits per heavy atom. The van der Waals surface area contributed by atoms with Crippen LogP contribution >= 0.6 is 11.3 Å². The molecule has 0 saturated carbocycles. The first-order valence-electron chi connectivity index (χ1n) is 7.26. The Morgan fingerprint density at radius 1 is 1.10 bits per heavy atom. The normalized spacial score (nSPS) is 11.7. The van der Waals surface area contributed by atoms with Crippen LogP contribution in [0.5, 0.6) is 5.75 Å². The number of thiophene rings is 1. The first-order chi connectivity index (χ1) is 9.41. The molecule has 0 spiro atoms. The van der Waals surface area contributed by atoms with Gasteiger partial charge >= 0.3 is 0 Å². The molecule has 0 aliphatic heterocycles. The molecule has 1 nitrogen and oxygen atoms in total. The summed E-state index contributed by atoms with van der Waals surface area (Å²) in [7, 11) is 0. The van der Waals surface area contributed by atoms with E-state index in [-0.39, 0.29) is 5.41 Å². The molecule has 108 valence electrons. The number of benzene rings is 1. The van der Waals surface area contributed by atoms with Crippen molar-refractivity contribution in [2.75, 3.05) is 6.61 Å². The van der Waals surface area contributed by atoms with Gasteiger partial charge in [0, 0.05) is 15.3 Å². The van der Waals surface area contributed by atoms with E-state index in [1.165, 1.54) is 20.9 Å². The molecule has 2 heteroatoms. The van der Waals surface area contributed by atoms with Gasteiger partial charge in [0.25, 0.3) is 0 Å². The van der Waals surface area contributed by atoms with Crippen LogP contribution in [0.25, 0.3) is 10.4 Å². The molecular weight excluding hydrogens is 264 g/mol. The molecule has 0 amide bonds. The molecule has 20 heavy (non-hydrogen) atoms. The van der Waals surface area contributed by atoms with Crippen LogP contribution in [-0.2, 0) is 5.41 Å². The van der Waals surface area contributed by atoms with E-state index in [4.69, 9.17) is 4.74 Å². The number of hydrogen-bond acceptors (Lipinski definition) is 2. The van der Waals surface area contributed by atoms with E-state index in [1.807, 2.05) is 11.3 Å². The SMILES string of the molecule is CCCOc1ccc(C)cc1-c1ccc(C(C)(C)C)s1. The van der Waals surface area contributed by atoms with E-state index in [9.17, 15) is 0 Å². The van der Waals surface area contributed by atoms with Crippen molar-refractivity contribution in [2.45, 2.75) is 46.5 Å². The fraction of sp³-hybridized carbons (Fsp3) is 0.444. The van der Waals surface area contributed by atoms with Gasteiger partial charge < -0.3 is 4.74 Å². The summed E-state index contributed by atoms with van der Waals surface area (Å²) >= 11 is 1.87. The van der Waals surface area contributed by atoms with E-state index in [2.05, 4.69) is 65.0 Å². The Hall–Kier alpha value is -1.28. The van der Waals surface area contributed by atoms with Gasteiger partial charge in [0.05, 0.1) is 6.61 Å². The number of hydrogen-bond donors (Lipinski definition) is 0. The molecule has 0 N–H and O–H groups in total. The van der Waals surface area contributed by atoms with Crippen LogP contribution in [0, 0.1) is 6.92 Å². The zero-order chi connectivity index (χ0) is 14.8. The smallest absolute Gasteiger partial charge is 0.127 e. The molecule has 0 atom stereocenters. The average molecular weight is 288 g/mol. The minimum absolute atomic E-state index is 0.206. The zero-order valence-corrected chi connectivity index (χ0v) is 13.9. The van der Waals surface area contributed by atoms with Crippen LogP contribution in [0.1, 0.15) is 44.6 Å². The average Bonchev–Trinajstić information content (AvgIpc) is 2.86. The Labute approximate surface area is 126 Å². The van der Waals surface area contributed by atoms with Gasteiger partial charge in [-0.3, -0.25) is 0 Å². The summed E-state index contributed by atoms with van der Waals surface area (Å²) in [5.74, 6) is 1.000. The first kappa shape index (κ1) is 15.1. The zero-order valence-electron chi connectivity index (χ0n) is 13.1. The maximum Gasteiger partial charge on any atom is 0.127 e. The van der Waals surface area contributed by atoms with Crippen molar-refractivity contribution >= 4 is 11.3 Å². The van der Waals surface area contributed by atoms with Crippen molar-refractivity contribution in [2.24, 2.45) is 0 Å². The predicted molar refractivity (Wildman–Crippen MR) is 89.0 cm³/mol. The molecule has 0 bridgehead atoms. The van der Waals surface area contributed by atoms with Crippen LogP contribution < -0.4 is 4.74 Å². The van der Waals surface area contributed by atoms with E-state index < -0.39 is 0 Å². The first-order valence-corrected chi connectivity index (χ1v) is 8.07. The van der Waals surface area contributed by atoms with Gasteiger partial charge in [0.15, 0.2) is 0 Å². The highest BCUT2D eigenvalue weighted by Gasteiger charge is 2.18. The van der Waals surface area contributed by atoms with Gasteiger partial charge in [-0.25, -0.2) is 0 Å². The molecule has 0 saturated heterocycles. The Bertz CT molecular complexity index is 575. The fourth-order valence-corrected chi connectivity index (χ4v) is 3.14. The quantitative estimate of drug-likeness (QED) is 0.690. The molecule has 2 aromatic rings. The van der Waals surface area contributed by atoms with Gasteiger partial charge in [-0.1, -0.05) is 39.3 Å². The third kappa shape index (κ3) is 3.43. The van der Waals surface area contributed by atoms with E-state index in [1.54, 1.807) is 0 Å². The lowest BCUT2D eigenvalue weighted by Gasteiger charge is -2.15. The number of aryl methyl sites for hydroxylation is 1. The second-order valence-corrected chi connectivity index (χ2v) is 7.35. The van der Waals surface area contributed by atoms with Crippen molar-refractivity contribution in [1.29, 1.82) is 0 Å². The monoisotopic (exact) mass is 288 g/mol. The maximum atomic E-state index is 5.90. The van der Waals surface area contributed by atoms with Crippen molar-refractivity contribution in [3.05, 3.63) is 40.8 Å². The summed E-state index contributed by atoms with van der Waals surface area (Å²) in [6.45, 7) is 11.8. The Morgan fingerprint density at radius 3 is 2.45 bits per heavy atom. The standard InChI is InChI=1S/C18H24OS/c1-6-11-19-15-8-7-13(2)12-14(15)16-9-10-17(20-16)18(3,4)5/h7-10,12H,6,11H2,1-5H3. The van der Waals surface area contributed by atoms with Crippen LogP contribution in [0.3, 0.4) is 0 Å². The molecule has 0 aliphatic rings. The van der Waals surface area contributed by atoms with Crippen LogP contribution in [0.2, 0.25) is 0 Å². The van der Waals surface area contributed by atoms with Gasteiger partial charge in [-0.05, 0) is 43.0 Å². The molecular formula is C18H24OS. The molecule has 0 fully saturated rings. The van der Waals surface area contributed by atoms with Gasteiger partial charge in [-0.15, -0.1) is 11.3 Å². The van der Waals surface area contributed by atoms with Crippen LogP contribution in [0.4, 0.5) is 0 Å². The largest absolute Gasteiger partial charge is 0.493 e. The lowest BCUT2D eigenvalue weighted by atomic mass is 9.95. The summed E-state index contributed by atoms with van der Waals surface area (Å²) in [5, 5.41) is 0. The van der Waals surface area contributed by atoms with Crippen molar-refractivity contribution in [3.8, 4) is 16.2 Å². The lowest BCUT2D eigenvalue weighted by Crippen LogP contribution is -2.07. The van der Waals surface area contributed by atoms with E-state index in [0.717, 1.165) is 18.8 Å². The topological polar surface area (TPSA) is 9.23 Å². The lowest BCUT2D eigenvalue weighted by molar-refractivity contribution is 0.319. The second-order valence-electron chi connectivity index (χ2n) is 6.26. The molecule has 2 rings (SSSR count). The van der Waals surface area contributed by atoms with Gasteiger partial charge in [0.1, 0.15) is 5.75 Å². The van der Waals surface area contributed by atoms with Crippen LogP contribution in [-0.4, -0.2) is 6.61 Å². The third-order valence-electron chi connectivity index (χ3n) is 3.21. The Balaban J connectivity index is 2.40. The van der Waals surface area contributed by atoms with Crippen LogP contribution in [0.15, 0.2) is 30.3 Å². The predicted octanol–water partition coefficient (Wildman–Crippen LogP) is 5.81. The maximum absolute atomic E-state index is 5.90. The summed E-state index contributed by atoms with van der Waals surface area (Å²) in [5.41, 5.74) is 2.70. The molecule has 1 aromatic heterocycles. The molecule has 1 aromatic carbocycles. The highest BCUT2D eigenvalue weighted by molar-refractivity contribution is 7.15. The van der Waals surface area contributed by atoms with Crippen molar-refractivity contribution in [1.82, 2.24) is 0 Å². The highest BCUT2D eigenvalue weighted by atomic mass is 32.1. The Kier molecular flexibility index (Phi) is 4.54. The van der Waals surface area contributed by atoms with Crippen molar-refractivity contribution < 1.29 is 4.74 Å². The summed E-state index contributed by atoms with van der Waals surface area (Å²) in [6, 6.07) is 10.9. The minimum Gasteiger partial charge on any atom is -0.493 e. The fourth-order valence-electron chi connectivity index (χ4n) is 2.06. The summed E-state index contributed by atoms with van der Waals surface area (Å²) < 4.78 is 5.90. The van der Waals surface area contributed by atoms with Gasteiger partial charge in [0.2, 0.25) is 0 Å². The van der Waals surface area contributed by atoms with E-state index in [0.29, 0.717) is 0 Å². The molecule has 0 radical (unpaired) electrons.